The lowest BCUT2D eigenvalue weighted by molar-refractivity contribution is 0.0954. The second-order valence-corrected chi connectivity index (χ2v) is 6.37. The van der Waals surface area contributed by atoms with E-state index in [0.29, 0.717) is 36.2 Å². The normalized spacial score (nSPS) is 11.4. The van der Waals surface area contributed by atoms with Crippen LogP contribution in [0, 0.1) is 0 Å². The van der Waals surface area contributed by atoms with Crippen LogP contribution in [-0.4, -0.2) is 46.1 Å². The number of nitrogens with zero attached hydrogens (tertiary/aromatic N) is 4. The molecule has 0 saturated heterocycles. The van der Waals surface area contributed by atoms with Crippen LogP contribution in [0.25, 0.3) is 5.65 Å². The number of nitrogens with one attached hydrogen (secondary N) is 3. The molecular weight excluding hydrogens is 378 g/mol. The Kier molecular flexibility index (Phi) is 6.80. The van der Waals surface area contributed by atoms with Crippen LogP contribution in [0.5, 0.6) is 0 Å². The number of aromatic nitrogens is 3. The number of hydrogen-bond donors (Lipinski definition) is 3. The number of aliphatic imine (C=N–C) groups is 1. The van der Waals surface area contributed by atoms with Gasteiger partial charge in [0.15, 0.2) is 17.4 Å². The highest BCUT2D eigenvalue weighted by Gasteiger charge is 2.06. The maximum atomic E-state index is 12.1. The van der Waals surface area contributed by atoms with E-state index in [1.807, 2.05) is 35.7 Å². The van der Waals surface area contributed by atoms with E-state index in [1.54, 1.807) is 24.3 Å². The van der Waals surface area contributed by atoms with Crippen LogP contribution in [0.15, 0.2) is 53.7 Å². The lowest BCUT2D eigenvalue weighted by Crippen LogP contribution is -2.41. The first-order chi connectivity index (χ1) is 13.7. The number of pyridine rings is 1. The van der Waals surface area contributed by atoms with Gasteiger partial charge in [0, 0.05) is 36.4 Å². The predicted molar refractivity (Wildman–Crippen MR) is 110 cm³/mol. The maximum absolute atomic E-state index is 12.1. The Hall–Kier alpha value is -3.13. The van der Waals surface area contributed by atoms with Crippen molar-refractivity contribution in [3.05, 3.63) is 65.1 Å². The summed E-state index contributed by atoms with van der Waals surface area (Å²) in [6.45, 7) is 4.10. The summed E-state index contributed by atoms with van der Waals surface area (Å²) in [5.74, 6) is 1.26. The molecule has 0 radical (unpaired) electrons. The summed E-state index contributed by atoms with van der Waals surface area (Å²) in [5.41, 5.74) is 1.36. The van der Waals surface area contributed by atoms with Gasteiger partial charge in [-0.15, -0.1) is 10.2 Å². The molecule has 0 atom stereocenters. The van der Waals surface area contributed by atoms with Crippen LogP contribution in [-0.2, 0) is 6.54 Å². The standard InChI is InChI=1S/C19H22ClN7O/c1-2-21-19(24-13-17-26-25-16-5-3-4-12-27(16)17)23-11-10-22-18(28)14-6-8-15(20)9-7-14/h3-9,12H,2,10-11,13H2,1H3,(H,22,28)(H2,21,23,24). The molecule has 9 heteroatoms. The molecule has 2 heterocycles. The number of benzene rings is 1. The van der Waals surface area contributed by atoms with E-state index >= 15 is 0 Å². The fourth-order valence-corrected chi connectivity index (χ4v) is 2.68. The number of guanidine groups is 1. The van der Waals surface area contributed by atoms with E-state index in [2.05, 4.69) is 31.1 Å². The van der Waals surface area contributed by atoms with Crippen molar-refractivity contribution < 1.29 is 4.79 Å². The average Bonchev–Trinajstić information content (AvgIpc) is 3.13. The van der Waals surface area contributed by atoms with Gasteiger partial charge in [-0.2, -0.15) is 0 Å². The zero-order valence-electron chi connectivity index (χ0n) is 15.5. The summed E-state index contributed by atoms with van der Waals surface area (Å²) >= 11 is 5.83. The number of rotatable bonds is 7. The molecule has 0 spiro atoms. The van der Waals surface area contributed by atoms with Gasteiger partial charge in [0.05, 0.1) is 0 Å². The minimum atomic E-state index is -0.143. The summed E-state index contributed by atoms with van der Waals surface area (Å²) in [5, 5.41) is 18.1. The molecule has 3 N–H and O–H groups in total. The molecule has 8 nitrogen and oxygen atoms in total. The van der Waals surface area contributed by atoms with E-state index in [-0.39, 0.29) is 5.91 Å². The number of carbonyl (C=O) groups excluding carboxylic acids is 1. The molecule has 3 aromatic rings. The number of hydrogen-bond acceptors (Lipinski definition) is 4. The van der Waals surface area contributed by atoms with Gasteiger partial charge in [0.1, 0.15) is 6.54 Å². The fourth-order valence-electron chi connectivity index (χ4n) is 2.55. The van der Waals surface area contributed by atoms with E-state index in [1.165, 1.54) is 0 Å². The molecule has 1 amide bonds. The highest BCUT2D eigenvalue weighted by atomic mass is 35.5. The first kappa shape index (κ1) is 19.6. The predicted octanol–water partition coefficient (Wildman–Crippen LogP) is 1.87. The summed E-state index contributed by atoms with van der Waals surface area (Å²) in [6, 6.07) is 12.5. The minimum absolute atomic E-state index is 0.143. The third-order valence-corrected chi connectivity index (χ3v) is 4.17. The van der Waals surface area contributed by atoms with Gasteiger partial charge in [-0.3, -0.25) is 9.20 Å². The Morgan fingerprint density at radius 1 is 1.07 bits per heavy atom. The first-order valence-corrected chi connectivity index (χ1v) is 9.39. The van der Waals surface area contributed by atoms with E-state index < -0.39 is 0 Å². The van der Waals surface area contributed by atoms with Crippen molar-refractivity contribution in [1.82, 2.24) is 30.5 Å². The molecule has 0 saturated carbocycles. The Balaban J connectivity index is 1.50. The first-order valence-electron chi connectivity index (χ1n) is 9.02. The summed E-state index contributed by atoms with van der Waals surface area (Å²) in [7, 11) is 0. The van der Waals surface area contributed by atoms with Crippen molar-refractivity contribution in [1.29, 1.82) is 0 Å². The Morgan fingerprint density at radius 3 is 2.64 bits per heavy atom. The van der Waals surface area contributed by atoms with Crippen LogP contribution in [0.4, 0.5) is 0 Å². The van der Waals surface area contributed by atoms with Crippen molar-refractivity contribution in [2.45, 2.75) is 13.5 Å². The van der Waals surface area contributed by atoms with Gasteiger partial charge in [-0.05, 0) is 43.3 Å². The highest BCUT2D eigenvalue weighted by Crippen LogP contribution is 2.09. The molecule has 3 rings (SSSR count). The Bertz CT molecular complexity index is 952. The topological polar surface area (TPSA) is 95.7 Å². The lowest BCUT2D eigenvalue weighted by Gasteiger charge is -2.11. The molecule has 0 aliphatic rings. The molecule has 0 bridgehead atoms. The van der Waals surface area contributed by atoms with Gasteiger partial charge in [-0.1, -0.05) is 17.7 Å². The molecule has 146 valence electrons. The number of fused-ring (bicyclic) bond motifs is 1. The Labute approximate surface area is 168 Å². The summed E-state index contributed by atoms with van der Waals surface area (Å²) in [6.07, 6.45) is 1.91. The second-order valence-electron chi connectivity index (χ2n) is 5.93. The monoisotopic (exact) mass is 399 g/mol. The van der Waals surface area contributed by atoms with Crippen molar-refractivity contribution in [2.75, 3.05) is 19.6 Å². The zero-order valence-corrected chi connectivity index (χ0v) is 16.3. The van der Waals surface area contributed by atoms with Gasteiger partial charge < -0.3 is 16.0 Å². The summed E-state index contributed by atoms with van der Waals surface area (Å²) in [4.78, 5) is 16.6. The second kappa shape index (κ2) is 9.70. The number of amides is 1. The third kappa shape index (κ3) is 5.20. The quantitative estimate of drug-likeness (QED) is 0.320. The molecule has 2 aromatic heterocycles. The van der Waals surface area contributed by atoms with Crippen molar-refractivity contribution in [3.63, 3.8) is 0 Å². The zero-order chi connectivity index (χ0) is 19.8. The van der Waals surface area contributed by atoms with Crippen molar-refractivity contribution >= 4 is 29.1 Å². The minimum Gasteiger partial charge on any atom is -0.357 e. The van der Waals surface area contributed by atoms with Crippen LogP contribution in [0.3, 0.4) is 0 Å². The molecule has 0 fully saturated rings. The molecule has 0 unspecified atom stereocenters. The molecule has 28 heavy (non-hydrogen) atoms. The van der Waals surface area contributed by atoms with Crippen LogP contribution in [0.2, 0.25) is 5.02 Å². The van der Waals surface area contributed by atoms with E-state index in [4.69, 9.17) is 11.6 Å². The van der Waals surface area contributed by atoms with E-state index in [9.17, 15) is 4.79 Å². The summed E-state index contributed by atoms with van der Waals surface area (Å²) < 4.78 is 1.90. The third-order valence-electron chi connectivity index (χ3n) is 3.92. The van der Waals surface area contributed by atoms with Gasteiger partial charge in [0.2, 0.25) is 0 Å². The van der Waals surface area contributed by atoms with E-state index in [0.717, 1.165) is 18.0 Å². The van der Waals surface area contributed by atoms with Crippen LogP contribution < -0.4 is 16.0 Å². The molecular formula is C19H22ClN7O. The van der Waals surface area contributed by atoms with Gasteiger partial charge >= 0.3 is 0 Å². The van der Waals surface area contributed by atoms with Crippen molar-refractivity contribution in [3.8, 4) is 0 Å². The SMILES string of the molecule is CCNC(=NCc1nnc2ccccn12)NCCNC(=O)c1ccc(Cl)cc1. The highest BCUT2D eigenvalue weighted by molar-refractivity contribution is 6.30. The van der Waals surface area contributed by atoms with Gasteiger partial charge in [0.25, 0.3) is 5.91 Å². The number of carbonyl (C=O) groups is 1. The molecule has 1 aromatic carbocycles. The van der Waals surface area contributed by atoms with Crippen LogP contribution >= 0.6 is 11.6 Å². The maximum Gasteiger partial charge on any atom is 0.251 e. The fraction of sp³-hybridized carbons (Fsp3) is 0.263. The molecule has 0 aliphatic heterocycles. The smallest absolute Gasteiger partial charge is 0.251 e. The Morgan fingerprint density at radius 2 is 1.86 bits per heavy atom. The largest absolute Gasteiger partial charge is 0.357 e. The number of halogens is 1. The van der Waals surface area contributed by atoms with Crippen molar-refractivity contribution in [2.24, 2.45) is 4.99 Å². The van der Waals surface area contributed by atoms with Crippen LogP contribution in [0.1, 0.15) is 23.1 Å². The average molecular weight is 400 g/mol. The van der Waals surface area contributed by atoms with Gasteiger partial charge in [-0.25, -0.2) is 4.99 Å². The lowest BCUT2D eigenvalue weighted by atomic mass is 10.2. The molecule has 0 aliphatic carbocycles.